The largest absolute Gasteiger partial charge is 0.375 e. The van der Waals surface area contributed by atoms with Gasteiger partial charge in [0.1, 0.15) is 0 Å². The highest BCUT2D eigenvalue weighted by Gasteiger charge is 2.13. The van der Waals surface area contributed by atoms with Crippen LogP contribution in [-0.4, -0.2) is 11.1 Å². The third-order valence-electron chi connectivity index (χ3n) is 7.60. The molecule has 184 valence electrons. The maximum Gasteiger partial charge on any atom is 0.0856 e. The van der Waals surface area contributed by atoms with Crippen LogP contribution in [0.2, 0.25) is 0 Å². The summed E-state index contributed by atoms with van der Waals surface area (Å²) in [5.74, 6) is 0. The zero-order chi connectivity index (χ0) is 25.8. The normalized spacial score (nSPS) is 13.5. The monoisotopic (exact) mass is 516 g/mol. The van der Waals surface area contributed by atoms with E-state index in [0.29, 0.717) is 0 Å². The Labute approximate surface area is 230 Å². The number of para-hydroxylation sites is 2. The highest BCUT2D eigenvalue weighted by atomic mass is 32.1. The molecule has 0 radical (unpaired) electrons. The SMILES string of the molecule is C1=C(c2ccc3sc4ccccc4c3c2)C=CCNC=1c1cccc(-n2c3ccccc3c3ccccc32)c1. The Bertz CT molecular complexity index is 2110. The molecule has 2 aromatic heterocycles. The minimum absolute atomic E-state index is 0.759. The van der Waals surface area contributed by atoms with Gasteiger partial charge in [-0.1, -0.05) is 84.6 Å². The molecular formula is C36H24N2S. The van der Waals surface area contributed by atoms with Gasteiger partial charge in [0, 0.05) is 54.3 Å². The van der Waals surface area contributed by atoms with Crippen LogP contribution in [-0.2, 0) is 0 Å². The van der Waals surface area contributed by atoms with Crippen molar-refractivity contribution in [3.8, 4) is 5.69 Å². The van der Waals surface area contributed by atoms with Gasteiger partial charge >= 0.3 is 0 Å². The van der Waals surface area contributed by atoms with E-state index in [1.807, 2.05) is 11.3 Å². The second-order valence-corrected chi connectivity index (χ2v) is 11.0. The Morgan fingerprint density at radius 1 is 0.615 bits per heavy atom. The topological polar surface area (TPSA) is 17.0 Å². The van der Waals surface area contributed by atoms with Crippen molar-refractivity contribution in [1.82, 2.24) is 9.88 Å². The predicted molar refractivity (Wildman–Crippen MR) is 168 cm³/mol. The first-order valence-corrected chi connectivity index (χ1v) is 14.1. The lowest BCUT2D eigenvalue weighted by Crippen LogP contribution is -2.10. The molecule has 3 heteroatoms. The van der Waals surface area contributed by atoms with E-state index in [1.165, 1.54) is 47.5 Å². The lowest BCUT2D eigenvalue weighted by Gasteiger charge is -2.12. The minimum atomic E-state index is 0.759. The molecule has 0 saturated carbocycles. The van der Waals surface area contributed by atoms with Crippen molar-refractivity contribution in [1.29, 1.82) is 0 Å². The summed E-state index contributed by atoms with van der Waals surface area (Å²) in [4.78, 5) is 0. The molecule has 0 bridgehead atoms. The van der Waals surface area contributed by atoms with Crippen molar-refractivity contribution in [3.05, 3.63) is 144 Å². The molecule has 0 atom stereocenters. The number of nitrogens with one attached hydrogen (secondary N) is 1. The van der Waals surface area contributed by atoms with Gasteiger partial charge in [-0.25, -0.2) is 0 Å². The summed E-state index contributed by atoms with van der Waals surface area (Å²) in [7, 11) is 0. The van der Waals surface area contributed by atoms with Crippen LogP contribution in [0.5, 0.6) is 0 Å². The standard InChI is InChI=1S/C36H24N2S/c1-4-15-33-28(12-1)29-13-2-5-16-34(29)38(33)27-11-7-9-26(21-27)32-23-24(10-8-20-37-32)25-18-19-36-31(22-25)30-14-3-6-17-35(30)39-36/h1-19,21-22,37H,20H2. The van der Waals surface area contributed by atoms with Gasteiger partial charge in [0.05, 0.1) is 16.7 Å². The van der Waals surface area contributed by atoms with Gasteiger partial charge in [-0.05, 0) is 54.1 Å². The van der Waals surface area contributed by atoms with E-state index in [0.717, 1.165) is 29.1 Å². The molecule has 0 amide bonds. The number of hydrogen-bond acceptors (Lipinski definition) is 2. The summed E-state index contributed by atoms with van der Waals surface area (Å²) in [6.07, 6.45) is 4.37. The van der Waals surface area contributed by atoms with Crippen molar-refractivity contribution < 1.29 is 0 Å². The predicted octanol–water partition coefficient (Wildman–Crippen LogP) is 9.33. The zero-order valence-electron chi connectivity index (χ0n) is 21.2. The number of fused-ring (bicyclic) bond motifs is 6. The highest BCUT2D eigenvalue weighted by molar-refractivity contribution is 7.25. The van der Waals surface area contributed by atoms with Crippen molar-refractivity contribution in [2.45, 2.75) is 0 Å². The smallest absolute Gasteiger partial charge is 0.0856 e. The van der Waals surface area contributed by atoms with E-state index in [4.69, 9.17) is 0 Å². The number of benzene rings is 5. The number of thiophene rings is 1. The van der Waals surface area contributed by atoms with E-state index in [-0.39, 0.29) is 0 Å². The minimum Gasteiger partial charge on any atom is -0.375 e. The molecule has 1 aliphatic rings. The molecule has 39 heavy (non-hydrogen) atoms. The first kappa shape index (κ1) is 22.2. The third kappa shape index (κ3) is 3.64. The Morgan fingerprint density at radius 2 is 1.33 bits per heavy atom. The van der Waals surface area contributed by atoms with E-state index >= 15 is 0 Å². The third-order valence-corrected chi connectivity index (χ3v) is 8.75. The summed E-state index contributed by atoms with van der Waals surface area (Å²) in [5, 5.41) is 8.77. The average molecular weight is 517 g/mol. The second-order valence-electron chi connectivity index (χ2n) is 9.93. The van der Waals surface area contributed by atoms with Crippen LogP contribution in [0.1, 0.15) is 11.1 Å². The quantitative estimate of drug-likeness (QED) is 0.232. The first-order valence-electron chi connectivity index (χ1n) is 13.3. The van der Waals surface area contributed by atoms with Gasteiger partial charge in [0.25, 0.3) is 0 Å². The van der Waals surface area contributed by atoms with Crippen molar-refractivity contribution in [2.24, 2.45) is 0 Å². The Morgan fingerprint density at radius 3 is 2.15 bits per heavy atom. The van der Waals surface area contributed by atoms with E-state index in [2.05, 4.69) is 143 Å². The number of nitrogens with zero attached hydrogens (tertiary/aromatic N) is 1. The number of allylic oxidation sites excluding steroid dienone is 2. The Balaban J connectivity index is 1.30. The van der Waals surface area contributed by atoms with Gasteiger partial charge in [-0.15, -0.1) is 11.3 Å². The van der Waals surface area contributed by atoms with E-state index in [1.54, 1.807) is 0 Å². The molecule has 5 aromatic carbocycles. The summed E-state index contributed by atoms with van der Waals surface area (Å²) in [6.45, 7) is 0.759. The van der Waals surface area contributed by atoms with Crippen LogP contribution >= 0.6 is 11.3 Å². The maximum absolute atomic E-state index is 3.73. The van der Waals surface area contributed by atoms with E-state index in [9.17, 15) is 0 Å². The van der Waals surface area contributed by atoms with Gasteiger partial charge in [-0.2, -0.15) is 0 Å². The molecule has 1 aliphatic heterocycles. The number of rotatable bonds is 3. The van der Waals surface area contributed by atoms with Crippen molar-refractivity contribution in [2.75, 3.05) is 6.54 Å². The van der Waals surface area contributed by atoms with Crippen molar-refractivity contribution >= 4 is 64.6 Å². The van der Waals surface area contributed by atoms with Gasteiger partial charge in [0.2, 0.25) is 0 Å². The van der Waals surface area contributed by atoms with Crippen LogP contribution in [0.15, 0.2) is 133 Å². The Kier molecular flexibility index (Phi) is 5.06. The maximum atomic E-state index is 3.73. The van der Waals surface area contributed by atoms with Crippen LogP contribution in [0, 0.1) is 0 Å². The molecule has 1 N–H and O–H groups in total. The number of aromatic nitrogens is 1. The van der Waals surface area contributed by atoms with Crippen LogP contribution in [0.3, 0.4) is 0 Å². The van der Waals surface area contributed by atoms with Crippen LogP contribution in [0.4, 0.5) is 0 Å². The molecule has 0 aliphatic carbocycles. The molecule has 0 saturated heterocycles. The number of hydrogen-bond donors (Lipinski definition) is 1. The molecule has 8 rings (SSSR count). The highest BCUT2D eigenvalue weighted by Crippen LogP contribution is 2.36. The zero-order valence-corrected chi connectivity index (χ0v) is 22.0. The molecule has 2 nitrogen and oxygen atoms in total. The lowest BCUT2D eigenvalue weighted by atomic mass is 10.0. The van der Waals surface area contributed by atoms with Crippen LogP contribution in [0.25, 0.3) is 58.9 Å². The summed E-state index contributed by atoms with van der Waals surface area (Å²) in [5.41, 5.74) is 11.7. The van der Waals surface area contributed by atoms with Gasteiger partial charge in [-0.3, -0.25) is 0 Å². The van der Waals surface area contributed by atoms with Crippen LogP contribution < -0.4 is 5.32 Å². The summed E-state index contributed by atoms with van der Waals surface area (Å²) >= 11 is 1.85. The fraction of sp³-hybridized carbons (Fsp3) is 0.0278. The molecule has 0 spiro atoms. The molecular weight excluding hydrogens is 492 g/mol. The Hall–Kier alpha value is -4.82. The fourth-order valence-corrected chi connectivity index (χ4v) is 6.88. The molecule has 7 aromatic rings. The molecule has 0 unspecified atom stereocenters. The van der Waals surface area contributed by atoms with Gasteiger partial charge < -0.3 is 9.88 Å². The fourth-order valence-electron chi connectivity index (χ4n) is 5.80. The average Bonchev–Trinajstić information content (AvgIpc) is 3.41. The lowest BCUT2D eigenvalue weighted by molar-refractivity contribution is 1.01. The second kappa shape index (κ2) is 8.89. The molecule has 0 fully saturated rings. The van der Waals surface area contributed by atoms with E-state index < -0.39 is 0 Å². The summed E-state index contributed by atoms with van der Waals surface area (Å²) in [6, 6.07) is 41.5. The van der Waals surface area contributed by atoms with Gasteiger partial charge in [0.15, 0.2) is 0 Å². The molecule has 3 heterocycles. The van der Waals surface area contributed by atoms with Crippen molar-refractivity contribution in [3.63, 3.8) is 0 Å². The summed E-state index contributed by atoms with van der Waals surface area (Å²) < 4.78 is 5.01. The first-order chi connectivity index (χ1) is 19.3.